The molecule has 0 spiro atoms. The number of amides is 2. The molecule has 1 aromatic rings. The Morgan fingerprint density at radius 3 is 2.28 bits per heavy atom. The molecule has 0 unspecified atom stereocenters. The van der Waals surface area contributed by atoms with E-state index in [-0.39, 0.29) is 17.7 Å². The first-order valence-electron chi connectivity index (χ1n) is 9.87. The zero-order valence-corrected chi connectivity index (χ0v) is 15.2. The maximum absolute atomic E-state index is 12.5. The van der Waals surface area contributed by atoms with E-state index in [0.717, 1.165) is 37.3 Å². The first kappa shape index (κ1) is 18.0. The smallest absolute Gasteiger partial charge is 0.251 e. The fourth-order valence-electron chi connectivity index (χ4n) is 3.65. The normalized spacial score (nSPS) is 23.1. The summed E-state index contributed by atoms with van der Waals surface area (Å²) in [6.45, 7) is 2.24. The van der Waals surface area contributed by atoms with Gasteiger partial charge in [0.1, 0.15) is 0 Å². The Kier molecular flexibility index (Phi) is 6.11. The van der Waals surface area contributed by atoms with Gasteiger partial charge in [-0.2, -0.15) is 0 Å². The van der Waals surface area contributed by atoms with Crippen LogP contribution in [0.5, 0.6) is 0 Å². The minimum Gasteiger partial charge on any atom is -0.349 e. The molecule has 0 bridgehead atoms. The lowest BCUT2D eigenvalue weighted by molar-refractivity contribution is -0.121. The van der Waals surface area contributed by atoms with Crippen LogP contribution >= 0.6 is 0 Å². The van der Waals surface area contributed by atoms with Gasteiger partial charge in [-0.3, -0.25) is 9.59 Å². The first-order chi connectivity index (χ1) is 12.2. The average Bonchev–Trinajstić information content (AvgIpc) is 3.45. The second-order valence-corrected chi connectivity index (χ2v) is 7.67. The third-order valence-corrected chi connectivity index (χ3v) is 5.51. The molecule has 2 fully saturated rings. The van der Waals surface area contributed by atoms with E-state index in [1.165, 1.54) is 32.1 Å². The number of anilines is 1. The van der Waals surface area contributed by atoms with Crippen molar-refractivity contribution in [2.45, 2.75) is 70.8 Å². The van der Waals surface area contributed by atoms with Gasteiger partial charge in [0.2, 0.25) is 5.91 Å². The van der Waals surface area contributed by atoms with E-state index < -0.39 is 0 Å². The van der Waals surface area contributed by atoms with Crippen LogP contribution < -0.4 is 10.6 Å². The fraction of sp³-hybridized carbons (Fsp3) is 0.619. The summed E-state index contributed by atoms with van der Waals surface area (Å²) in [4.78, 5) is 24.5. The Labute approximate surface area is 150 Å². The molecule has 25 heavy (non-hydrogen) atoms. The van der Waals surface area contributed by atoms with Crippen molar-refractivity contribution in [3.05, 3.63) is 29.8 Å². The van der Waals surface area contributed by atoms with Crippen LogP contribution in [0.2, 0.25) is 0 Å². The number of benzene rings is 1. The largest absolute Gasteiger partial charge is 0.349 e. The highest BCUT2D eigenvalue weighted by molar-refractivity contribution is 5.96. The van der Waals surface area contributed by atoms with E-state index in [1.54, 1.807) is 12.1 Å². The summed E-state index contributed by atoms with van der Waals surface area (Å²) < 4.78 is 0. The summed E-state index contributed by atoms with van der Waals surface area (Å²) in [6.07, 6.45) is 10.4. The molecule has 2 aliphatic carbocycles. The van der Waals surface area contributed by atoms with Gasteiger partial charge < -0.3 is 10.6 Å². The predicted octanol–water partition coefficient (Wildman–Crippen LogP) is 4.51. The molecule has 2 N–H and O–H groups in total. The number of carbonyl (C=O) groups is 2. The van der Waals surface area contributed by atoms with E-state index in [4.69, 9.17) is 0 Å². The van der Waals surface area contributed by atoms with Crippen LogP contribution in [0.25, 0.3) is 0 Å². The van der Waals surface area contributed by atoms with Crippen molar-refractivity contribution < 1.29 is 9.59 Å². The molecule has 3 rings (SSSR count). The molecule has 2 saturated carbocycles. The summed E-state index contributed by atoms with van der Waals surface area (Å²) >= 11 is 0. The molecule has 0 aliphatic heterocycles. The second kappa shape index (κ2) is 8.50. The van der Waals surface area contributed by atoms with Gasteiger partial charge in [-0.05, 0) is 68.7 Å². The summed E-state index contributed by atoms with van der Waals surface area (Å²) in [7, 11) is 0. The number of unbranched alkanes of at least 4 members (excludes halogenated alkanes) is 1. The maximum Gasteiger partial charge on any atom is 0.251 e. The van der Waals surface area contributed by atoms with Gasteiger partial charge in [0.25, 0.3) is 5.91 Å². The van der Waals surface area contributed by atoms with Crippen molar-refractivity contribution in [3.8, 4) is 0 Å². The standard InChI is InChI=1S/C21H30N2O2/c1-2-3-4-15-5-7-16(8-6-15)20(24)22-18-11-9-17(10-12-18)21(25)23-19-13-14-19/h9-12,15-16,19H,2-8,13-14H2,1H3,(H,22,24)(H,23,25). The van der Waals surface area contributed by atoms with E-state index in [9.17, 15) is 9.59 Å². The third-order valence-electron chi connectivity index (χ3n) is 5.51. The minimum absolute atomic E-state index is 0.0224. The molecule has 0 heterocycles. The molecule has 0 saturated heterocycles. The van der Waals surface area contributed by atoms with Crippen LogP contribution in [0.15, 0.2) is 24.3 Å². The molecule has 0 aromatic heterocycles. The molecule has 0 radical (unpaired) electrons. The third kappa shape index (κ3) is 5.32. The maximum atomic E-state index is 12.5. The molecular formula is C21H30N2O2. The molecular weight excluding hydrogens is 312 g/mol. The Balaban J connectivity index is 1.45. The lowest BCUT2D eigenvalue weighted by atomic mass is 9.79. The Bertz CT molecular complexity index is 584. The Morgan fingerprint density at radius 2 is 1.68 bits per heavy atom. The van der Waals surface area contributed by atoms with Gasteiger partial charge in [0, 0.05) is 23.2 Å². The van der Waals surface area contributed by atoms with Crippen LogP contribution in [-0.4, -0.2) is 17.9 Å². The van der Waals surface area contributed by atoms with E-state index >= 15 is 0 Å². The van der Waals surface area contributed by atoms with Crippen molar-refractivity contribution >= 4 is 17.5 Å². The van der Waals surface area contributed by atoms with Crippen LogP contribution in [0.4, 0.5) is 5.69 Å². The Morgan fingerprint density at radius 1 is 1.00 bits per heavy atom. The van der Waals surface area contributed by atoms with Crippen LogP contribution in [0, 0.1) is 11.8 Å². The second-order valence-electron chi connectivity index (χ2n) is 7.67. The number of nitrogens with one attached hydrogen (secondary N) is 2. The quantitative estimate of drug-likeness (QED) is 0.766. The van der Waals surface area contributed by atoms with Gasteiger partial charge >= 0.3 is 0 Å². The van der Waals surface area contributed by atoms with Gasteiger partial charge in [0.15, 0.2) is 0 Å². The predicted molar refractivity (Wildman–Crippen MR) is 101 cm³/mol. The number of hydrogen-bond acceptors (Lipinski definition) is 2. The summed E-state index contributed by atoms with van der Waals surface area (Å²) in [5, 5.41) is 5.99. The highest BCUT2D eigenvalue weighted by Crippen LogP contribution is 2.32. The van der Waals surface area contributed by atoms with Crippen molar-refractivity contribution in [3.63, 3.8) is 0 Å². The SMILES string of the molecule is CCCCC1CCC(C(=O)Nc2ccc(C(=O)NC3CC3)cc2)CC1. The molecule has 4 nitrogen and oxygen atoms in total. The Hall–Kier alpha value is -1.84. The van der Waals surface area contributed by atoms with Crippen LogP contribution in [0.3, 0.4) is 0 Å². The summed E-state index contributed by atoms with van der Waals surface area (Å²) in [5.74, 6) is 1.05. The fourth-order valence-corrected chi connectivity index (χ4v) is 3.65. The highest BCUT2D eigenvalue weighted by atomic mass is 16.2. The topological polar surface area (TPSA) is 58.2 Å². The van der Waals surface area contributed by atoms with Crippen LogP contribution in [0.1, 0.15) is 75.1 Å². The van der Waals surface area contributed by atoms with Crippen molar-refractivity contribution in [2.75, 3.05) is 5.32 Å². The number of rotatable bonds is 7. The van der Waals surface area contributed by atoms with Crippen molar-refractivity contribution in [1.29, 1.82) is 0 Å². The van der Waals surface area contributed by atoms with Gasteiger partial charge in [-0.25, -0.2) is 0 Å². The van der Waals surface area contributed by atoms with Gasteiger partial charge in [-0.1, -0.05) is 26.2 Å². The van der Waals surface area contributed by atoms with Crippen molar-refractivity contribution in [1.82, 2.24) is 5.32 Å². The molecule has 1 aromatic carbocycles. The zero-order valence-electron chi connectivity index (χ0n) is 15.2. The monoisotopic (exact) mass is 342 g/mol. The molecule has 4 heteroatoms. The lowest BCUT2D eigenvalue weighted by Crippen LogP contribution is -2.27. The lowest BCUT2D eigenvalue weighted by Gasteiger charge is -2.27. The molecule has 136 valence electrons. The average molecular weight is 342 g/mol. The number of carbonyl (C=O) groups excluding carboxylic acids is 2. The van der Waals surface area contributed by atoms with Gasteiger partial charge in [0.05, 0.1) is 0 Å². The highest BCUT2D eigenvalue weighted by Gasteiger charge is 2.26. The van der Waals surface area contributed by atoms with Crippen molar-refractivity contribution in [2.24, 2.45) is 11.8 Å². The summed E-state index contributed by atoms with van der Waals surface area (Å²) in [5.41, 5.74) is 1.43. The molecule has 2 aliphatic rings. The summed E-state index contributed by atoms with van der Waals surface area (Å²) in [6, 6.07) is 7.59. The zero-order chi connectivity index (χ0) is 17.6. The van der Waals surface area contributed by atoms with E-state index in [1.807, 2.05) is 12.1 Å². The first-order valence-corrected chi connectivity index (χ1v) is 9.87. The van der Waals surface area contributed by atoms with E-state index in [0.29, 0.717) is 11.6 Å². The minimum atomic E-state index is -0.0224. The van der Waals surface area contributed by atoms with Crippen LogP contribution in [-0.2, 0) is 4.79 Å². The van der Waals surface area contributed by atoms with Gasteiger partial charge in [-0.15, -0.1) is 0 Å². The molecule has 0 atom stereocenters. The van der Waals surface area contributed by atoms with E-state index in [2.05, 4.69) is 17.6 Å². The molecule has 2 amide bonds. The number of hydrogen-bond donors (Lipinski definition) is 2.